The number of para-hydroxylation sites is 1. The summed E-state index contributed by atoms with van der Waals surface area (Å²) < 4.78 is 11.1. The van der Waals surface area contributed by atoms with E-state index < -0.39 is 0 Å². The van der Waals surface area contributed by atoms with Gasteiger partial charge in [0.1, 0.15) is 13.2 Å². The highest BCUT2D eigenvalue weighted by Crippen LogP contribution is 2.37. The molecule has 3 nitrogen and oxygen atoms in total. The van der Waals surface area contributed by atoms with Crippen LogP contribution in [-0.2, 0) is 0 Å². The normalized spacial score (nSPS) is 14.6. The van der Waals surface area contributed by atoms with Crippen molar-refractivity contribution in [2.45, 2.75) is 18.9 Å². The molecule has 2 rings (SSSR count). The number of halogens is 1. The minimum absolute atomic E-state index is 0. The second-order valence-electron chi connectivity index (χ2n) is 3.84. The number of allylic oxidation sites excluding steroid dienone is 1. The van der Waals surface area contributed by atoms with Crippen molar-refractivity contribution in [3.05, 3.63) is 36.4 Å². The first-order valence-electron chi connectivity index (χ1n) is 5.58. The molecule has 0 amide bonds. The van der Waals surface area contributed by atoms with Crippen LogP contribution in [0.25, 0.3) is 0 Å². The summed E-state index contributed by atoms with van der Waals surface area (Å²) in [6.45, 7) is 4.91. The predicted molar refractivity (Wildman–Crippen MR) is 71.0 cm³/mol. The van der Waals surface area contributed by atoms with Crippen LogP contribution in [0.3, 0.4) is 0 Å². The molecule has 1 heterocycles. The Morgan fingerprint density at radius 3 is 2.88 bits per heavy atom. The fourth-order valence-electron chi connectivity index (χ4n) is 1.84. The summed E-state index contributed by atoms with van der Waals surface area (Å²) in [7, 11) is 0. The van der Waals surface area contributed by atoms with Gasteiger partial charge in [-0.05, 0) is 18.9 Å². The van der Waals surface area contributed by atoms with Crippen LogP contribution in [0.4, 0.5) is 0 Å². The molecular weight excluding hydrogens is 238 g/mol. The van der Waals surface area contributed by atoms with Crippen LogP contribution in [0.5, 0.6) is 11.5 Å². The largest absolute Gasteiger partial charge is 0.486 e. The van der Waals surface area contributed by atoms with Crippen LogP contribution in [0.15, 0.2) is 30.9 Å². The van der Waals surface area contributed by atoms with Gasteiger partial charge in [0.05, 0.1) is 0 Å². The number of fused-ring (bicyclic) bond motifs is 1. The maximum absolute atomic E-state index is 6.12. The Morgan fingerprint density at radius 1 is 1.35 bits per heavy atom. The molecule has 0 unspecified atom stereocenters. The van der Waals surface area contributed by atoms with Gasteiger partial charge in [-0.15, -0.1) is 19.0 Å². The van der Waals surface area contributed by atoms with Gasteiger partial charge >= 0.3 is 0 Å². The van der Waals surface area contributed by atoms with Gasteiger partial charge in [0.25, 0.3) is 0 Å². The lowest BCUT2D eigenvalue weighted by Gasteiger charge is -2.23. The van der Waals surface area contributed by atoms with Crippen molar-refractivity contribution in [2.24, 2.45) is 5.73 Å². The van der Waals surface area contributed by atoms with Crippen molar-refractivity contribution < 1.29 is 9.47 Å². The lowest BCUT2D eigenvalue weighted by atomic mass is 10.0. The number of benzene rings is 1. The monoisotopic (exact) mass is 255 g/mol. The van der Waals surface area contributed by atoms with Gasteiger partial charge in [-0.1, -0.05) is 18.2 Å². The smallest absolute Gasteiger partial charge is 0.166 e. The van der Waals surface area contributed by atoms with Crippen molar-refractivity contribution in [3.63, 3.8) is 0 Å². The lowest BCUT2D eigenvalue weighted by Crippen LogP contribution is -2.19. The maximum Gasteiger partial charge on any atom is 0.166 e. The van der Waals surface area contributed by atoms with Crippen LogP contribution >= 0.6 is 12.4 Å². The van der Waals surface area contributed by atoms with E-state index in [1.54, 1.807) is 0 Å². The van der Waals surface area contributed by atoms with Crippen molar-refractivity contribution in [2.75, 3.05) is 13.2 Å². The topological polar surface area (TPSA) is 44.5 Å². The maximum atomic E-state index is 6.12. The van der Waals surface area contributed by atoms with Crippen molar-refractivity contribution >= 4 is 12.4 Å². The number of rotatable bonds is 4. The fraction of sp³-hybridized carbons (Fsp3) is 0.385. The van der Waals surface area contributed by atoms with Gasteiger partial charge in [-0.2, -0.15) is 0 Å². The Morgan fingerprint density at radius 2 is 2.12 bits per heavy atom. The van der Waals surface area contributed by atoms with Crippen molar-refractivity contribution in [1.29, 1.82) is 0 Å². The summed E-state index contributed by atoms with van der Waals surface area (Å²) in [6.07, 6.45) is 3.67. The van der Waals surface area contributed by atoms with E-state index in [-0.39, 0.29) is 18.4 Å². The molecule has 0 aliphatic carbocycles. The third kappa shape index (κ3) is 3.14. The number of ether oxygens (including phenoxy) is 2. The molecule has 1 atom stereocenters. The van der Waals surface area contributed by atoms with E-state index in [1.165, 1.54) is 0 Å². The van der Waals surface area contributed by atoms with E-state index in [9.17, 15) is 0 Å². The van der Waals surface area contributed by atoms with Gasteiger partial charge in [-0.3, -0.25) is 0 Å². The molecule has 94 valence electrons. The molecule has 4 heteroatoms. The molecule has 1 aromatic carbocycles. The average Bonchev–Trinajstić information content (AvgIpc) is 2.35. The Labute approximate surface area is 108 Å². The molecule has 1 aliphatic heterocycles. The summed E-state index contributed by atoms with van der Waals surface area (Å²) in [4.78, 5) is 0. The van der Waals surface area contributed by atoms with Crippen LogP contribution in [0.2, 0.25) is 0 Å². The molecule has 0 aromatic heterocycles. The number of hydrogen-bond donors (Lipinski definition) is 1. The zero-order valence-electron chi connectivity index (χ0n) is 9.72. The van der Waals surface area contributed by atoms with E-state index in [2.05, 4.69) is 6.58 Å². The van der Waals surface area contributed by atoms with Crippen molar-refractivity contribution in [1.82, 2.24) is 0 Å². The molecule has 1 aromatic rings. The minimum atomic E-state index is -0.0188. The van der Waals surface area contributed by atoms with E-state index in [0.29, 0.717) is 13.2 Å². The van der Waals surface area contributed by atoms with Crippen LogP contribution < -0.4 is 15.2 Å². The highest BCUT2D eigenvalue weighted by atomic mass is 35.5. The summed E-state index contributed by atoms with van der Waals surface area (Å²) >= 11 is 0. The molecule has 2 N–H and O–H groups in total. The predicted octanol–water partition coefficient (Wildman–Crippen LogP) is 2.85. The highest BCUT2D eigenvalue weighted by molar-refractivity contribution is 5.85. The van der Waals surface area contributed by atoms with Gasteiger partial charge < -0.3 is 15.2 Å². The molecule has 0 bridgehead atoms. The standard InChI is InChI=1S/C13H17NO2.ClH/c1-2-3-6-11(14)10-5-4-7-12-13(10)16-9-8-15-12;/h2,4-5,7,11H,1,3,6,8-9,14H2;1H/t11-;/m0./s1. The van der Waals surface area contributed by atoms with E-state index in [4.69, 9.17) is 15.2 Å². The van der Waals surface area contributed by atoms with E-state index in [0.717, 1.165) is 29.9 Å². The molecular formula is C13H18ClNO2. The third-order valence-corrected chi connectivity index (χ3v) is 2.68. The Kier molecular flexibility index (Phi) is 5.32. The first-order valence-corrected chi connectivity index (χ1v) is 5.58. The molecule has 1 aliphatic rings. The zero-order chi connectivity index (χ0) is 11.4. The minimum Gasteiger partial charge on any atom is -0.486 e. The first-order chi connectivity index (χ1) is 7.83. The second kappa shape index (κ2) is 6.52. The molecule has 0 saturated heterocycles. The van der Waals surface area contributed by atoms with Gasteiger partial charge in [-0.25, -0.2) is 0 Å². The third-order valence-electron chi connectivity index (χ3n) is 2.68. The van der Waals surface area contributed by atoms with E-state index >= 15 is 0 Å². The molecule has 0 fully saturated rings. The molecule has 17 heavy (non-hydrogen) atoms. The molecule has 0 radical (unpaired) electrons. The Hall–Kier alpha value is -1.19. The van der Waals surface area contributed by atoms with Crippen molar-refractivity contribution in [3.8, 4) is 11.5 Å². The van der Waals surface area contributed by atoms with Gasteiger partial charge in [0, 0.05) is 11.6 Å². The highest BCUT2D eigenvalue weighted by Gasteiger charge is 2.19. The molecule has 0 spiro atoms. The van der Waals surface area contributed by atoms with Gasteiger partial charge in [0.15, 0.2) is 11.5 Å². The van der Waals surface area contributed by atoms with E-state index in [1.807, 2.05) is 24.3 Å². The summed E-state index contributed by atoms with van der Waals surface area (Å²) in [6, 6.07) is 5.85. The zero-order valence-corrected chi connectivity index (χ0v) is 10.5. The quantitative estimate of drug-likeness (QED) is 0.842. The van der Waals surface area contributed by atoms with Gasteiger partial charge in [0.2, 0.25) is 0 Å². The second-order valence-corrected chi connectivity index (χ2v) is 3.84. The molecule has 0 saturated carbocycles. The summed E-state index contributed by atoms with van der Waals surface area (Å²) in [5.41, 5.74) is 7.15. The Balaban J connectivity index is 0.00000144. The van der Waals surface area contributed by atoms with Crippen LogP contribution in [0.1, 0.15) is 24.4 Å². The summed E-state index contributed by atoms with van der Waals surface area (Å²) in [5, 5.41) is 0. The fourth-order valence-corrected chi connectivity index (χ4v) is 1.84. The number of hydrogen-bond acceptors (Lipinski definition) is 3. The first kappa shape index (κ1) is 13.9. The van der Waals surface area contributed by atoms with Crippen LogP contribution in [-0.4, -0.2) is 13.2 Å². The summed E-state index contributed by atoms with van der Waals surface area (Å²) in [5.74, 6) is 1.61. The lowest BCUT2D eigenvalue weighted by molar-refractivity contribution is 0.169. The Bertz CT molecular complexity index is 382. The number of nitrogens with two attached hydrogens (primary N) is 1. The average molecular weight is 256 g/mol. The SMILES string of the molecule is C=CCC[C@H](N)c1cccc2c1OCCO2.Cl. The van der Waals surface area contributed by atoms with Crippen LogP contribution in [0, 0.1) is 0 Å².